The van der Waals surface area contributed by atoms with E-state index in [-0.39, 0.29) is 5.78 Å². The van der Waals surface area contributed by atoms with E-state index in [1.165, 1.54) is 0 Å². The van der Waals surface area contributed by atoms with Crippen LogP contribution in [0, 0.1) is 5.41 Å². The van der Waals surface area contributed by atoms with E-state index in [2.05, 4.69) is 25.3 Å². The Balaban J connectivity index is 2.64. The molecule has 0 aromatic heterocycles. The molecule has 5 heteroatoms. The number of hydrogen-bond acceptors (Lipinski definition) is 2. The fourth-order valence-corrected chi connectivity index (χ4v) is 4.04. The molecule has 0 heterocycles. The Kier molecular flexibility index (Phi) is 6.43. The van der Waals surface area contributed by atoms with Crippen molar-refractivity contribution in [1.82, 2.24) is 0 Å². The van der Waals surface area contributed by atoms with Crippen molar-refractivity contribution in [3.05, 3.63) is 81.5 Å². The summed E-state index contributed by atoms with van der Waals surface area (Å²) in [5.74, 6) is -0.369. The van der Waals surface area contributed by atoms with Gasteiger partial charge in [-0.1, -0.05) is 80.6 Å². The quantitative estimate of drug-likeness (QED) is 0.426. The third-order valence-corrected chi connectivity index (χ3v) is 6.30. The fraction of sp³-hybridized carbons (Fsp3) is 0.318. The third-order valence-electron chi connectivity index (χ3n) is 4.63. The van der Waals surface area contributed by atoms with Crippen molar-refractivity contribution < 1.29 is 9.90 Å². The van der Waals surface area contributed by atoms with Crippen LogP contribution in [0.15, 0.2) is 60.3 Å². The maximum Gasteiger partial charge on any atom is 0.199 e. The molecular weight excluding hydrogens is 395 g/mol. The molecule has 27 heavy (non-hydrogen) atoms. The van der Waals surface area contributed by atoms with Crippen LogP contribution in [0.4, 0.5) is 0 Å². The lowest BCUT2D eigenvalue weighted by atomic mass is 9.67. The van der Waals surface area contributed by atoms with Crippen molar-refractivity contribution in [2.24, 2.45) is 5.41 Å². The number of hydrogen-bond donors (Lipinski definition) is 1. The Morgan fingerprint density at radius 2 is 1.37 bits per heavy atom. The molecule has 0 saturated heterocycles. The summed E-state index contributed by atoms with van der Waals surface area (Å²) in [7, 11) is -1.52. The van der Waals surface area contributed by atoms with Crippen molar-refractivity contribution >= 4 is 37.1 Å². The van der Waals surface area contributed by atoms with Crippen molar-refractivity contribution in [3.8, 4) is 0 Å². The summed E-state index contributed by atoms with van der Waals surface area (Å²) in [6.45, 7) is 10.4. The summed E-state index contributed by atoms with van der Waals surface area (Å²) < 4.78 is 0. The van der Waals surface area contributed by atoms with Gasteiger partial charge < -0.3 is 5.11 Å². The SMILES string of the molecule is CC(C)(/C=C/[Si](C)(C)C)C(O)(C(=O)c1ccc(Cl)cc1)c1ccc(Cl)cc1. The molecular formula is C22H26Cl2O2Si. The van der Waals surface area contributed by atoms with Gasteiger partial charge in [-0.3, -0.25) is 4.79 Å². The molecule has 0 saturated carbocycles. The summed E-state index contributed by atoms with van der Waals surface area (Å²) in [6, 6.07) is 13.4. The Labute approximate surface area is 172 Å². The number of carbonyl (C=O) groups excluding carboxylic acids is 1. The molecule has 1 N–H and O–H groups in total. The molecule has 0 spiro atoms. The molecule has 0 radical (unpaired) electrons. The molecule has 1 unspecified atom stereocenters. The largest absolute Gasteiger partial charge is 0.376 e. The first-order valence-electron chi connectivity index (χ1n) is 8.86. The second-order valence-electron chi connectivity index (χ2n) is 8.47. The van der Waals surface area contributed by atoms with Crippen LogP contribution in [-0.2, 0) is 5.60 Å². The van der Waals surface area contributed by atoms with Crippen LogP contribution in [-0.4, -0.2) is 19.0 Å². The molecule has 2 rings (SSSR count). The highest BCUT2D eigenvalue weighted by molar-refractivity contribution is 6.80. The molecule has 2 aromatic carbocycles. The van der Waals surface area contributed by atoms with Gasteiger partial charge in [-0.15, -0.1) is 0 Å². The Hall–Kier alpha value is -1.39. The molecule has 1 atom stereocenters. The van der Waals surface area contributed by atoms with Crippen molar-refractivity contribution in [2.45, 2.75) is 39.1 Å². The molecule has 0 amide bonds. The Bertz CT molecular complexity index is 834. The van der Waals surface area contributed by atoms with Gasteiger partial charge in [0.1, 0.15) is 0 Å². The Morgan fingerprint density at radius 3 is 1.81 bits per heavy atom. The maximum atomic E-state index is 13.5. The zero-order chi connectivity index (χ0) is 20.5. The van der Waals surface area contributed by atoms with Crippen molar-refractivity contribution in [2.75, 3.05) is 0 Å². The van der Waals surface area contributed by atoms with Gasteiger partial charge >= 0.3 is 0 Å². The number of benzene rings is 2. The third kappa shape index (κ3) is 4.91. The van der Waals surface area contributed by atoms with E-state index in [1.54, 1.807) is 48.5 Å². The zero-order valence-electron chi connectivity index (χ0n) is 16.4. The average molecular weight is 421 g/mol. The van der Waals surface area contributed by atoms with E-state index >= 15 is 0 Å². The molecule has 0 aliphatic heterocycles. The smallest absolute Gasteiger partial charge is 0.199 e. The molecule has 2 nitrogen and oxygen atoms in total. The van der Waals surface area contributed by atoms with E-state index in [1.807, 2.05) is 19.9 Å². The van der Waals surface area contributed by atoms with Gasteiger partial charge in [-0.25, -0.2) is 0 Å². The van der Waals surface area contributed by atoms with E-state index < -0.39 is 19.1 Å². The highest BCUT2D eigenvalue weighted by Gasteiger charge is 2.50. The van der Waals surface area contributed by atoms with Crippen LogP contribution in [0.1, 0.15) is 29.8 Å². The predicted octanol–water partition coefficient (Wildman–Crippen LogP) is 6.52. The summed E-state index contributed by atoms with van der Waals surface area (Å²) in [6.07, 6.45) is 1.97. The standard InChI is InChI=1S/C22H26Cl2O2Si/c1-21(2,14-15-27(3,4)5)22(26,17-8-12-19(24)13-9-17)20(25)16-6-10-18(23)11-7-16/h6-15,26H,1-5H3/b15-14+. The highest BCUT2D eigenvalue weighted by Crippen LogP contribution is 2.44. The Morgan fingerprint density at radius 1 is 0.926 bits per heavy atom. The van der Waals surface area contributed by atoms with Crippen LogP contribution in [0.5, 0.6) is 0 Å². The highest BCUT2D eigenvalue weighted by atomic mass is 35.5. The summed E-state index contributed by atoms with van der Waals surface area (Å²) in [5.41, 5.74) is 0.492. The van der Waals surface area contributed by atoms with Gasteiger partial charge in [-0.05, 0) is 42.0 Å². The fourth-order valence-electron chi connectivity index (χ4n) is 2.88. The maximum absolute atomic E-state index is 13.5. The first-order valence-corrected chi connectivity index (χ1v) is 13.2. The predicted molar refractivity (Wildman–Crippen MR) is 117 cm³/mol. The molecule has 144 valence electrons. The lowest BCUT2D eigenvalue weighted by molar-refractivity contribution is -0.0244. The van der Waals surface area contributed by atoms with E-state index in [4.69, 9.17) is 23.2 Å². The first-order chi connectivity index (χ1) is 12.4. The van der Waals surface area contributed by atoms with Crippen LogP contribution >= 0.6 is 23.2 Å². The lowest BCUT2D eigenvalue weighted by Gasteiger charge is -2.40. The number of ketones is 1. The second-order valence-corrected chi connectivity index (χ2v) is 14.4. The topological polar surface area (TPSA) is 37.3 Å². The normalized spacial score (nSPS) is 15.0. The molecule has 0 fully saturated rings. The summed E-state index contributed by atoms with van der Waals surface area (Å²) in [5, 5.41) is 12.9. The number of Topliss-reactive ketones (excluding diaryl/α,β-unsaturated/α-hetero) is 1. The van der Waals surface area contributed by atoms with E-state index in [0.29, 0.717) is 21.2 Å². The zero-order valence-corrected chi connectivity index (χ0v) is 18.9. The minimum Gasteiger partial charge on any atom is -0.376 e. The first kappa shape index (κ1) is 21.9. The van der Waals surface area contributed by atoms with Gasteiger partial charge in [0.15, 0.2) is 11.4 Å². The second kappa shape index (κ2) is 7.92. The monoisotopic (exact) mass is 420 g/mol. The minimum absolute atomic E-state index is 0.369. The van der Waals surface area contributed by atoms with Crippen LogP contribution in [0.3, 0.4) is 0 Å². The van der Waals surface area contributed by atoms with Gasteiger partial charge in [0.25, 0.3) is 0 Å². The van der Waals surface area contributed by atoms with Crippen LogP contribution in [0.2, 0.25) is 29.7 Å². The van der Waals surface area contributed by atoms with Crippen LogP contribution in [0.25, 0.3) is 0 Å². The van der Waals surface area contributed by atoms with Crippen molar-refractivity contribution in [3.63, 3.8) is 0 Å². The number of halogens is 2. The van der Waals surface area contributed by atoms with E-state index in [0.717, 1.165) is 0 Å². The summed E-state index contributed by atoms with van der Waals surface area (Å²) in [4.78, 5) is 13.5. The number of rotatable bonds is 6. The van der Waals surface area contributed by atoms with Crippen molar-refractivity contribution in [1.29, 1.82) is 0 Å². The molecule has 0 aliphatic rings. The molecule has 0 bridgehead atoms. The number of aliphatic hydroxyl groups is 1. The molecule has 0 aliphatic carbocycles. The van der Waals surface area contributed by atoms with E-state index in [9.17, 15) is 9.90 Å². The summed E-state index contributed by atoms with van der Waals surface area (Å²) >= 11 is 12.0. The molecule has 2 aromatic rings. The van der Waals surface area contributed by atoms with Gasteiger partial charge in [0.05, 0.1) is 8.07 Å². The average Bonchev–Trinajstić information content (AvgIpc) is 2.59. The van der Waals surface area contributed by atoms with Gasteiger partial charge in [0, 0.05) is 21.0 Å². The number of carbonyl (C=O) groups is 1. The van der Waals surface area contributed by atoms with Crippen LogP contribution < -0.4 is 0 Å². The van der Waals surface area contributed by atoms with Gasteiger partial charge in [-0.2, -0.15) is 0 Å². The lowest BCUT2D eigenvalue weighted by Crippen LogP contribution is -2.48. The van der Waals surface area contributed by atoms with Gasteiger partial charge in [0.2, 0.25) is 0 Å². The minimum atomic E-state index is -1.75.